The van der Waals surface area contributed by atoms with E-state index in [1.807, 2.05) is 73.7 Å². The van der Waals surface area contributed by atoms with E-state index in [2.05, 4.69) is 5.32 Å². The quantitative estimate of drug-likeness (QED) is 0.352. The topological polar surface area (TPSA) is 58.6 Å². The molecule has 3 aromatic carbocycles. The zero-order valence-corrected chi connectivity index (χ0v) is 22.1. The van der Waals surface area contributed by atoms with E-state index in [4.69, 9.17) is 16.3 Å². The lowest BCUT2D eigenvalue weighted by molar-refractivity contribution is -0.143. The van der Waals surface area contributed by atoms with Crippen molar-refractivity contribution < 1.29 is 14.3 Å². The third kappa shape index (κ3) is 8.09. The summed E-state index contributed by atoms with van der Waals surface area (Å²) in [5.74, 6) is 0.264. The van der Waals surface area contributed by atoms with Crippen LogP contribution in [0, 0.1) is 6.92 Å². The number of amides is 2. The molecule has 0 unspecified atom stereocenters. The normalized spacial score (nSPS) is 14.5. The molecule has 0 bridgehead atoms. The molecule has 3 aromatic rings. The maximum absolute atomic E-state index is 13.8. The molecule has 194 valence electrons. The number of hydrogen-bond acceptors (Lipinski definition) is 3. The van der Waals surface area contributed by atoms with Crippen molar-refractivity contribution in [3.05, 3.63) is 101 Å². The Hall–Kier alpha value is -3.31. The maximum Gasteiger partial charge on any atom is 0.261 e. The van der Waals surface area contributed by atoms with Crippen LogP contribution in [0.25, 0.3) is 0 Å². The molecule has 1 saturated carbocycles. The number of benzene rings is 3. The minimum absolute atomic E-state index is 0.117. The second-order valence-corrected chi connectivity index (χ2v) is 10.2. The first-order valence-electron chi connectivity index (χ1n) is 13.1. The van der Waals surface area contributed by atoms with Crippen LogP contribution in [-0.2, 0) is 22.6 Å². The van der Waals surface area contributed by atoms with E-state index in [-0.39, 0.29) is 31.0 Å². The highest BCUT2D eigenvalue weighted by molar-refractivity contribution is 6.30. The first-order valence-corrected chi connectivity index (χ1v) is 13.4. The van der Waals surface area contributed by atoms with Gasteiger partial charge in [0.25, 0.3) is 5.91 Å². The summed E-state index contributed by atoms with van der Waals surface area (Å²) in [6.07, 6.45) is 5.82. The Bertz CT molecular complexity index is 1140. The van der Waals surface area contributed by atoms with Crippen LogP contribution in [0.5, 0.6) is 5.75 Å². The van der Waals surface area contributed by atoms with Crippen LogP contribution < -0.4 is 10.1 Å². The molecule has 0 saturated heterocycles. The van der Waals surface area contributed by atoms with Crippen LogP contribution in [-0.4, -0.2) is 35.4 Å². The Morgan fingerprint density at radius 1 is 0.919 bits per heavy atom. The Balaban J connectivity index is 1.59. The van der Waals surface area contributed by atoms with Gasteiger partial charge in [0.15, 0.2) is 6.61 Å². The zero-order valence-electron chi connectivity index (χ0n) is 21.4. The molecular weight excluding hydrogens is 484 g/mol. The fourth-order valence-electron chi connectivity index (χ4n) is 4.75. The summed E-state index contributed by atoms with van der Waals surface area (Å²) in [7, 11) is 0. The number of carbonyl (C=O) groups is 2. The molecule has 5 nitrogen and oxygen atoms in total. The van der Waals surface area contributed by atoms with Gasteiger partial charge in [-0.05, 0) is 55.2 Å². The van der Waals surface area contributed by atoms with E-state index in [1.54, 1.807) is 17.0 Å². The number of ether oxygens (including phenoxy) is 1. The molecule has 0 spiro atoms. The van der Waals surface area contributed by atoms with Gasteiger partial charge in [0.1, 0.15) is 11.8 Å². The Morgan fingerprint density at radius 2 is 1.59 bits per heavy atom. The minimum Gasteiger partial charge on any atom is -0.484 e. The SMILES string of the molecule is Cc1ccc(OCC(=O)N(Cc2ccc(Cl)cc2)[C@@H](Cc2ccccc2)C(=O)NC2CCCCC2)cc1. The van der Waals surface area contributed by atoms with Gasteiger partial charge in [-0.1, -0.05) is 91.0 Å². The van der Waals surface area contributed by atoms with E-state index >= 15 is 0 Å². The average Bonchev–Trinajstić information content (AvgIpc) is 2.92. The highest BCUT2D eigenvalue weighted by Gasteiger charge is 2.32. The first kappa shape index (κ1) is 26.7. The highest BCUT2D eigenvalue weighted by atomic mass is 35.5. The summed E-state index contributed by atoms with van der Waals surface area (Å²) >= 11 is 6.10. The molecule has 2 amide bonds. The number of carbonyl (C=O) groups excluding carboxylic acids is 2. The van der Waals surface area contributed by atoms with Crippen molar-refractivity contribution in [1.82, 2.24) is 10.2 Å². The summed E-state index contributed by atoms with van der Waals surface area (Å²) in [4.78, 5) is 29.1. The Labute approximate surface area is 224 Å². The van der Waals surface area contributed by atoms with Gasteiger partial charge >= 0.3 is 0 Å². The molecule has 0 aliphatic heterocycles. The zero-order chi connectivity index (χ0) is 26.0. The first-order chi connectivity index (χ1) is 18.0. The van der Waals surface area contributed by atoms with Crippen molar-refractivity contribution in [3.8, 4) is 5.75 Å². The second kappa shape index (κ2) is 13.3. The lowest BCUT2D eigenvalue weighted by atomic mass is 9.94. The molecule has 0 heterocycles. The average molecular weight is 519 g/mol. The molecule has 6 heteroatoms. The fourth-order valence-corrected chi connectivity index (χ4v) is 4.87. The molecular formula is C31H35ClN2O3. The largest absolute Gasteiger partial charge is 0.484 e. The summed E-state index contributed by atoms with van der Waals surface area (Å²) < 4.78 is 5.85. The predicted molar refractivity (Wildman–Crippen MR) is 148 cm³/mol. The molecule has 0 aromatic heterocycles. The van der Waals surface area contributed by atoms with Gasteiger partial charge in [0.2, 0.25) is 5.91 Å². The summed E-state index contributed by atoms with van der Waals surface area (Å²) in [5, 5.41) is 3.88. The standard InChI is InChI=1S/C31H35ClN2O3/c1-23-12-18-28(19-13-23)37-22-30(35)34(21-25-14-16-26(32)17-15-25)29(20-24-8-4-2-5-9-24)31(36)33-27-10-6-3-7-11-27/h2,4-5,8-9,12-19,27,29H,3,6-7,10-11,20-22H2,1H3,(H,33,36)/t29-/m0/s1. The smallest absolute Gasteiger partial charge is 0.261 e. The lowest BCUT2D eigenvalue weighted by Crippen LogP contribution is -2.53. The number of nitrogens with one attached hydrogen (secondary N) is 1. The van der Waals surface area contributed by atoms with Crippen molar-refractivity contribution in [2.24, 2.45) is 0 Å². The molecule has 4 rings (SSSR count). The van der Waals surface area contributed by atoms with Gasteiger partial charge in [-0.15, -0.1) is 0 Å². The van der Waals surface area contributed by atoms with Gasteiger partial charge in [-0.2, -0.15) is 0 Å². The van der Waals surface area contributed by atoms with Crippen molar-refractivity contribution in [1.29, 1.82) is 0 Å². The number of hydrogen-bond donors (Lipinski definition) is 1. The molecule has 0 radical (unpaired) electrons. The monoisotopic (exact) mass is 518 g/mol. The molecule has 37 heavy (non-hydrogen) atoms. The van der Waals surface area contributed by atoms with E-state index < -0.39 is 6.04 Å². The fraction of sp³-hybridized carbons (Fsp3) is 0.355. The van der Waals surface area contributed by atoms with Crippen molar-refractivity contribution >= 4 is 23.4 Å². The third-order valence-corrected chi connectivity index (χ3v) is 7.12. The summed E-state index contributed by atoms with van der Waals surface area (Å²) in [6, 6.07) is 24.3. The van der Waals surface area contributed by atoms with Crippen LogP contribution in [0.4, 0.5) is 0 Å². The Kier molecular flexibility index (Phi) is 9.61. The van der Waals surface area contributed by atoms with E-state index in [9.17, 15) is 9.59 Å². The van der Waals surface area contributed by atoms with Crippen molar-refractivity contribution in [2.75, 3.05) is 6.61 Å². The number of rotatable bonds is 10. The maximum atomic E-state index is 13.8. The van der Waals surface area contributed by atoms with E-state index in [0.29, 0.717) is 17.2 Å². The highest BCUT2D eigenvalue weighted by Crippen LogP contribution is 2.21. The lowest BCUT2D eigenvalue weighted by Gasteiger charge is -2.33. The minimum atomic E-state index is -0.672. The second-order valence-electron chi connectivity index (χ2n) is 9.80. The molecule has 1 aliphatic rings. The molecule has 1 aliphatic carbocycles. The van der Waals surface area contributed by atoms with E-state index in [1.165, 1.54) is 6.42 Å². The number of nitrogens with zero attached hydrogens (tertiary/aromatic N) is 1. The van der Waals surface area contributed by atoms with Gasteiger partial charge in [0, 0.05) is 24.0 Å². The van der Waals surface area contributed by atoms with Crippen LogP contribution in [0.1, 0.15) is 48.8 Å². The van der Waals surface area contributed by atoms with Gasteiger partial charge < -0.3 is 15.0 Å². The summed E-state index contributed by atoms with van der Waals surface area (Å²) in [6.45, 7) is 2.13. The van der Waals surface area contributed by atoms with Crippen molar-refractivity contribution in [3.63, 3.8) is 0 Å². The molecule has 1 fully saturated rings. The Morgan fingerprint density at radius 3 is 2.27 bits per heavy atom. The van der Waals surface area contributed by atoms with Crippen LogP contribution in [0.15, 0.2) is 78.9 Å². The van der Waals surface area contributed by atoms with Crippen LogP contribution in [0.3, 0.4) is 0 Å². The number of halogens is 1. The third-order valence-electron chi connectivity index (χ3n) is 6.87. The van der Waals surface area contributed by atoms with E-state index in [0.717, 1.165) is 42.4 Å². The molecule has 1 atom stereocenters. The van der Waals surface area contributed by atoms with Gasteiger partial charge in [-0.3, -0.25) is 9.59 Å². The predicted octanol–water partition coefficient (Wildman–Crippen LogP) is 6.12. The van der Waals surface area contributed by atoms with Crippen molar-refractivity contribution in [2.45, 2.75) is 64.1 Å². The van der Waals surface area contributed by atoms with Gasteiger partial charge in [0.05, 0.1) is 0 Å². The summed E-state index contributed by atoms with van der Waals surface area (Å²) in [5.41, 5.74) is 3.02. The van der Waals surface area contributed by atoms with Crippen LogP contribution >= 0.6 is 11.6 Å². The number of aryl methyl sites for hydroxylation is 1. The molecule has 1 N–H and O–H groups in total. The van der Waals surface area contributed by atoms with Crippen LogP contribution in [0.2, 0.25) is 5.02 Å². The van der Waals surface area contributed by atoms with Gasteiger partial charge in [-0.25, -0.2) is 0 Å².